The number of nitrogens with one attached hydrogen (secondary N) is 1. The smallest absolute Gasteiger partial charge is 0.240 e. The van der Waals surface area contributed by atoms with E-state index in [1.165, 1.54) is 0 Å². The van der Waals surface area contributed by atoms with Crippen molar-refractivity contribution in [2.45, 2.75) is 13.0 Å². The molecule has 0 aliphatic carbocycles. The lowest BCUT2D eigenvalue weighted by molar-refractivity contribution is -0.134. The van der Waals surface area contributed by atoms with E-state index >= 15 is 0 Å². The number of carbonyl (C=O) groups is 1. The summed E-state index contributed by atoms with van der Waals surface area (Å²) < 4.78 is 0. The molecule has 1 atom stereocenters. The first-order chi connectivity index (χ1) is 7.16. The molecule has 84 valence electrons. The second-order valence-electron chi connectivity index (χ2n) is 3.86. The lowest BCUT2D eigenvalue weighted by Crippen LogP contribution is -2.52. The molecular formula is C11H19N3O. The highest BCUT2D eigenvalue weighted by Crippen LogP contribution is 2.04. The van der Waals surface area contributed by atoms with E-state index in [4.69, 9.17) is 6.42 Å². The number of nitrogens with zero attached hydrogens (tertiary/aromatic N) is 2. The fourth-order valence-electron chi connectivity index (χ4n) is 1.76. The standard InChI is InChI=1S/C11H19N3O/c1-4-7-13(3)11(15)10(2)14-8-5-12-6-9-14/h1,10,12H,5-9H2,2-3H3. The Labute approximate surface area is 91.6 Å². The quantitative estimate of drug-likeness (QED) is 0.629. The summed E-state index contributed by atoms with van der Waals surface area (Å²) in [6, 6.07) is -0.0644. The maximum atomic E-state index is 11.9. The van der Waals surface area contributed by atoms with Crippen LogP contribution in [0.1, 0.15) is 6.92 Å². The van der Waals surface area contributed by atoms with Crippen molar-refractivity contribution in [1.29, 1.82) is 0 Å². The summed E-state index contributed by atoms with van der Waals surface area (Å²) in [5, 5.41) is 3.26. The second-order valence-corrected chi connectivity index (χ2v) is 3.86. The summed E-state index contributed by atoms with van der Waals surface area (Å²) in [7, 11) is 1.75. The summed E-state index contributed by atoms with van der Waals surface area (Å²) in [6.07, 6.45) is 5.18. The van der Waals surface area contributed by atoms with Gasteiger partial charge in [-0.15, -0.1) is 6.42 Å². The number of likely N-dealkylation sites (N-methyl/N-ethyl adjacent to an activating group) is 1. The molecule has 1 aliphatic rings. The fraction of sp³-hybridized carbons (Fsp3) is 0.727. The van der Waals surface area contributed by atoms with Crippen molar-refractivity contribution in [2.24, 2.45) is 0 Å². The van der Waals surface area contributed by atoms with Gasteiger partial charge in [0.2, 0.25) is 5.91 Å². The van der Waals surface area contributed by atoms with Gasteiger partial charge in [0.15, 0.2) is 0 Å². The molecule has 1 heterocycles. The molecule has 15 heavy (non-hydrogen) atoms. The predicted octanol–water partition coefficient (Wildman–Crippen LogP) is -0.628. The van der Waals surface area contributed by atoms with Gasteiger partial charge >= 0.3 is 0 Å². The number of rotatable bonds is 3. The van der Waals surface area contributed by atoms with Crippen molar-refractivity contribution in [3.05, 3.63) is 0 Å². The monoisotopic (exact) mass is 209 g/mol. The van der Waals surface area contributed by atoms with Gasteiger partial charge in [-0.1, -0.05) is 5.92 Å². The van der Waals surface area contributed by atoms with Crippen LogP contribution in [-0.2, 0) is 4.79 Å². The maximum Gasteiger partial charge on any atom is 0.240 e. The molecule has 0 spiro atoms. The normalized spacial score (nSPS) is 19.3. The van der Waals surface area contributed by atoms with E-state index in [2.05, 4.69) is 16.1 Å². The van der Waals surface area contributed by atoms with Gasteiger partial charge in [-0.2, -0.15) is 0 Å². The number of carbonyl (C=O) groups excluding carboxylic acids is 1. The van der Waals surface area contributed by atoms with Crippen molar-refractivity contribution >= 4 is 5.91 Å². The van der Waals surface area contributed by atoms with Crippen LogP contribution >= 0.6 is 0 Å². The third-order valence-electron chi connectivity index (χ3n) is 2.76. The van der Waals surface area contributed by atoms with Crippen molar-refractivity contribution in [3.63, 3.8) is 0 Å². The van der Waals surface area contributed by atoms with Crippen LogP contribution in [0, 0.1) is 12.3 Å². The minimum absolute atomic E-state index is 0.0644. The molecule has 0 aromatic rings. The Balaban J connectivity index is 2.47. The molecule has 0 saturated carbocycles. The molecule has 0 radical (unpaired) electrons. The lowest BCUT2D eigenvalue weighted by Gasteiger charge is -2.33. The molecule has 1 saturated heterocycles. The zero-order valence-corrected chi connectivity index (χ0v) is 9.49. The van der Waals surface area contributed by atoms with Crippen LogP contribution in [0.2, 0.25) is 0 Å². The van der Waals surface area contributed by atoms with Crippen LogP contribution in [0.15, 0.2) is 0 Å². The minimum atomic E-state index is -0.0644. The molecule has 1 amide bonds. The summed E-state index contributed by atoms with van der Waals surface area (Å²) in [4.78, 5) is 15.7. The number of terminal acetylenes is 1. The molecule has 4 nitrogen and oxygen atoms in total. The van der Waals surface area contributed by atoms with E-state index in [0.29, 0.717) is 6.54 Å². The van der Waals surface area contributed by atoms with Gasteiger partial charge in [0.1, 0.15) is 0 Å². The van der Waals surface area contributed by atoms with Crippen LogP contribution in [0.25, 0.3) is 0 Å². The average Bonchev–Trinajstić information content (AvgIpc) is 2.28. The van der Waals surface area contributed by atoms with Crippen LogP contribution in [0.3, 0.4) is 0 Å². The van der Waals surface area contributed by atoms with Crippen LogP contribution in [0.4, 0.5) is 0 Å². The van der Waals surface area contributed by atoms with Crippen molar-refractivity contribution in [2.75, 3.05) is 39.8 Å². The Morgan fingerprint density at radius 2 is 2.20 bits per heavy atom. The van der Waals surface area contributed by atoms with Crippen molar-refractivity contribution in [1.82, 2.24) is 15.1 Å². The van der Waals surface area contributed by atoms with Crippen LogP contribution < -0.4 is 5.32 Å². The van der Waals surface area contributed by atoms with Gasteiger partial charge in [0.25, 0.3) is 0 Å². The minimum Gasteiger partial charge on any atom is -0.333 e. The van der Waals surface area contributed by atoms with E-state index in [1.807, 2.05) is 6.92 Å². The van der Waals surface area contributed by atoms with E-state index in [9.17, 15) is 4.79 Å². The SMILES string of the molecule is C#CCN(C)C(=O)C(C)N1CCNCC1. The third-order valence-corrected chi connectivity index (χ3v) is 2.76. The molecule has 1 N–H and O–H groups in total. The largest absolute Gasteiger partial charge is 0.333 e. The van der Waals surface area contributed by atoms with E-state index in [-0.39, 0.29) is 11.9 Å². The maximum absolute atomic E-state index is 11.9. The molecule has 4 heteroatoms. The molecule has 0 bridgehead atoms. The number of piperazine rings is 1. The molecule has 1 rings (SSSR count). The fourth-order valence-corrected chi connectivity index (χ4v) is 1.76. The van der Waals surface area contributed by atoms with Crippen LogP contribution in [-0.4, -0.2) is 61.5 Å². The molecule has 1 unspecified atom stereocenters. The van der Waals surface area contributed by atoms with Gasteiger partial charge in [-0.05, 0) is 6.92 Å². The van der Waals surface area contributed by atoms with E-state index in [0.717, 1.165) is 26.2 Å². The lowest BCUT2D eigenvalue weighted by atomic mass is 10.2. The summed E-state index contributed by atoms with van der Waals surface area (Å²) in [5.41, 5.74) is 0. The van der Waals surface area contributed by atoms with E-state index in [1.54, 1.807) is 11.9 Å². The first-order valence-corrected chi connectivity index (χ1v) is 5.30. The Kier molecular flexibility index (Phi) is 4.60. The molecule has 0 aromatic carbocycles. The van der Waals surface area contributed by atoms with E-state index < -0.39 is 0 Å². The molecule has 1 fully saturated rings. The Morgan fingerprint density at radius 1 is 1.60 bits per heavy atom. The zero-order chi connectivity index (χ0) is 11.3. The first-order valence-electron chi connectivity index (χ1n) is 5.30. The number of amides is 1. The zero-order valence-electron chi connectivity index (χ0n) is 9.49. The average molecular weight is 209 g/mol. The predicted molar refractivity (Wildman–Crippen MR) is 60.4 cm³/mol. The highest BCUT2D eigenvalue weighted by atomic mass is 16.2. The Morgan fingerprint density at radius 3 is 2.73 bits per heavy atom. The number of hydrogen-bond donors (Lipinski definition) is 1. The van der Waals surface area contributed by atoms with Crippen LogP contribution in [0.5, 0.6) is 0 Å². The van der Waals surface area contributed by atoms with Crippen molar-refractivity contribution in [3.8, 4) is 12.3 Å². The Hall–Kier alpha value is -1.05. The van der Waals surface area contributed by atoms with Gasteiger partial charge in [0, 0.05) is 33.2 Å². The van der Waals surface area contributed by atoms with Crippen molar-refractivity contribution < 1.29 is 4.79 Å². The third kappa shape index (κ3) is 3.22. The summed E-state index contributed by atoms with van der Waals surface area (Å²) in [5.74, 6) is 2.59. The summed E-state index contributed by atoms with van der Waals surface area (Å²) >= 11 is 0. The summed E-state index contributed by atoms with van der Waals surface area (Å²) in [6.45, 7) is 6.09. The first kappa shape index (κ1) is 12.0. The van der Waals surface area contributed by atoms with Gasteiger partial charge in [-0.25, -0.2) is 0 Å². The molecule has 0 aromatic heterocycles. The number of hydrogen-bond acceptors (Lipinski definition) is 3. The second kappa shape index (κ2) is 5.74. The van der Waals surface area contributed by atoms with Gasteiger partial charge < -0.3 is 10.2 Å². The highest BCUT2D eigenvalue weighted by Gasteiger charge is 2.24. The van der Waals surface area contributed by atoms with Gasteiger partial charge in [0.05, 0.1) is 12.6 Å². The highest BCUT2D eigenvalue weighted by molar-refractivity contribution is 5.81. The topological polar surface area (TPSA) is 35.6 Å². The Bertz CT molecular complexity index is 253. The van der Waals surface area contributed by atoms with Gasteiger partial charge in [-0.3, -0.25) is 9.69 Å². The molecular weight excluding hydrogens is 190 g/mol. The molecule has 1 aliphatic heterocycles.